The van der Waals surface area contributed by atoms with Gasteiger partial charge in [0.2, 0.25) is 5.69 Å². The molecule has 0 unspecified atom stereocenters. The zero-order valence-electron chi connectivity index (χ0n) is 12.7. The molecule has 1 amide bonds. The second-order valence-corrected chi connectivity index (χ2v) is 5.47. The van der Waals surface area contributed by atoms with E-state index in [4.69, 9.17) is 0 Å². The zero-order chi connectivity index (χ0) is 16.4. The summed E-state index contributed by atoms with van der Waals surface area (Å²) in [5.41, 5.74) is -0.0901. The Hall–Kier alpha value is -2.78. The van der Waals surface area contributed by atoms with E-state index in [9.17, 15) is 14.9 Å². The summed E-state index contributed by atoms with van der Waals surface area (Å²) in [5.74, 6) is 0.0356. The molecule has 0 aliphatic heterocycles. The van der Waals surface area contributed by atoms with Crippen LogP contribution in [0.4, 0.5) is 5.69 Å². The van der Waals surface area contributed by atoms with Crippen LogP contribution in [0.25, 0.3) is 0 Å². The van der Waals surface area contributed by atoms with Crippen LogP contribution in [0.3, 0.4) is 0 Å². The third kappa shape index (κ3) is 3.05. The lowest BCUT2D eigenvalue weighted by Crippen LogP contribution is -2.25. The van der Waals surface area contributed by atoms with Crippen LogP contribution >= 0.6 is 0 Å². The third-order valence-electron chi connectivity index (χ3n) is 3.71. The van der Waals surface area contributed by atoms with Crippen LogP contribution in [0.5, 0.6) is 0 Å². The van der Waals surface area contributed by atoms with Gasteiger partial charge in [0.1, 0.15) is 12.0 Å². The van der Waals surface area contributed by atoms with E-state index in [2.05, 4.69) is 25.7 Å². The molecule has 1 aliphatic carbocycles. The summed E-state index contributed by atoms with van der Waals surface area (Å²) in [6, 6.07) is 0.396. The topological polar surface area (TPSA) is 132 Å². The Kier molecular flexibility index (Phi) is 4.04. The molecule has 0 radical (unpaired) electrons. The molecular formula is C13H17N7O3. The van der Waals surface area contributed by atoms with Crippen molar-refractivity contribution in [2.45, 2.75) is 45.2 Å². The average molecular weight is 319 g/mol. The van der Waals surface area contributed by atoms with Crippen molar-refractivity contribution in [3.8, 4) is 0 Å². The number of hydrogen-bond acceptors (Lipinski definition) is 6. The summed E-state index contributed by atoms with van der Waals surface area (Å²) in [6.07, 6.45) is 4.96. The molecule has 0 saturated heterocycles. The second-order valence-electron chi connectivity index (χ2n) is 5.47. The molecule has 0 spiro atoms. The van der Waals surface area contributed by atoms with Crippen LogP contribution in [-0.4, -0.2) is 35.8 Å². The first-order chi connectivity index (χ1) is 11.1. The summed E-state index contributed by atoms with van der Waals surface area (Å²) in [7, 11) is 0. The largest absolute Gasteiger partial charge is 0.343 e. The van der Waals surface area contributed by atoms with Gasteiger partial charge in [-0.1, -0.05) is 13.3 Å². The van der Waals surface area contributed by atoms with Crippen molar-refractivity contribution in [2.24, 2.45) is 0 Å². The Bertz CT molecular complexity index is 732. The highest BCUT2D eigenvalue weighted by Gasteiger charge is 2.29. The SMILES string of the molecule is CCCc1[nH]nc(C(=O)NCc2nncn2C2CC2)c1[N+](=O)[O-]. The lowest BCUT2D eigenvalue weighted by atomic mass is 10.2. The van der Waals surface area contributed by atoms with Gasteiger partial charge in [-0.15, -0.1) is 10.2 Å². The highest BCUT2D eigenvalue weighted by atomic mass is 16.6. The Labute approximate surface area is 131 Å². The molecule has 10 heteroatoms. The van der Waals surface area contributed by atoms with Crippen molar-refractivity contribution in [2.75, 3.05) is 0 Å². The van der Waals surface area contributed by atoms with E-state index in [1.165, 1.54) is 0 Å². The van der Waals surface area contributed by atoms with Gasteiger partial charge >= 0.3 is 5.69 Å². The van der Waals surface area contributed by atoms with Gasteiger partial charge in [0, 0.05) is 6.04 Å². The molecule has 2 aromatic heterocycles. The summed E-state index contributed by atoms with van der Waals surface area (Å²) in [5, 5.41) is 28.0. The standard InChI is InChI=1S/C13H17N7O3/c1-2-3-9-12(20(22)23)11(18-16-9)13(21)14-6-10-17-15-7-19(10)8-4-5-8/h7-8H,2-6H2,1H3,(H,14,21)(H,16,18). The maximum Gasteiger partial charge on any atom is 0.322 e. The maximum atomic E-state index is 12.2. The number of nitrogens with one attached hydrogen (secondary N) is 2. The number of aromatic nitrogens is 5. The molecule has 2 heterocycles. The Morgan fingerprint density at radius 3 is 3.00 bits per heavy atom. The molecule has 2 N–H and O–H groups in total. The number of rotatable bonds is 7. The molecule has 0 bridgehead atoms. The van der Waals surface area contributed by atoms with E-state index in [0.717, 1.165) is 12.8 Å². The zero-order valence-corrected chi connectivity index (χ0v) is 12.7. The summed E-state index contributed by atoms with van der Waals surface area (Å²) in [4.78, 5) is 22.9. The molecule has 3 rings (SSSR count). The van der Waals surface area contributed by atoms with Gasteiger partial charge in [-0.3, -0.25) is 20.0 Å². The molecule has 2 aromatic rings. The van der Waals surface area contributed by atoms with E-state index in [1.807, 2.05) is 11.5 Å². The number of H-pyrrole nitrogens is 1. The van der Waals surface area contributed by atoms with Crippen LogP contribution in [0, 0.1) is 10.1 Å². The van der Waals surface area contributed by atoms with Crippen molar-refractivity contribution in [1.82, 2.24) is 30.3 Å². The van der Waals surface area contributed by atoms with Crippen molar-refractivity contribution in [3.63, 3.8) is 0 Å². The predicted molar refractivity (Wildman–Crippen MR) is 78.7 cm³/mol. The minimum atomic E-state index is -0.597. The molecule has 23 heavy (non-hydrogen) atoms. The fraction of sp³-hybridized carbons (Fsp3) is 0.538. The Morgan fingerprint density at radius 1 is 1.57 bits per heavy atom. The van der Waals surface area contributed by atoms with Crippen LogP contribution in [0.15, 0.2) is 6.33 Å². The first kappa shape index (κ1) is 15.1. The molecule has 1 aliphatic rings. The van der Waals surface area contributed by atoms with Gasteiger partial charge in [0.05, 0.1) is 11.5 Å². The van der Waals surface area contributed by atoms with Gasteiger partial charge in [0.25, 0.3) is 5.91 Å². The number of aromatic amines is 1. The Balaban J connectivity index is 1.73. The van der Waals surface area contributed by atoms with Gasteiger partial charge in [-0.25, -0.2) is 0 Å². The normalized spacial score (nSPS) is 14.0. The highest BCUT2D eigenvalue weighted by molar-refractivity contribution is 5.96. The third-order valence-corrected chi connectivity index (χ3v) is 3.71. The van der Waals surface area contributed by atoms with Gasteiger partial charge in [-0.2, -0.15) is 5.10 Å². The molecular weight excluding hydrogens is 302 g/mol. The average Bonchev–Trinajstić information content (AvgIpc) is 3.10. The second kappa shape index (κ2) is 6.15. The van der Waals surface area contributed by atoms with Gasteiger partial charge < -0.3 is 9.88 Å². The first-order valence-electron chi connectivity index (χ1n) is 7.50. The van der Waals surface area contributed by atoms with Gasteiger partial charge in [0.15, 0.2) is 5.82 Å². The molecule has 1 saturated carbocycles. The highest BCUT2D eigenvalue weighted by Crippen LogP contribution is 2.35. The van der Waals surface area contributed by atoms with Gasteiger partial charge in [-0.05, 0) is 19.3 Å². The lowest BCUT2D eigenvalue weighted by Gasteiger charge is -2.05. The fourth-order valence-corrected chi connectivity index (χ4v) is 2.45. The maximum absolute atomic E-state index is 12.2. The van der Waals surface area contributed by atoms with Crippen LogP contribution < -0.4 is 5.32 Å². The minimum absolute atomic E-state index is 0.155. The molecule has 10 nitrogen and oxygen atoms in total. The Morgan fingerprint density at radius 2 is 2.35 bits per heavy atom. The van der Waals surface area contributed by atoms with E-state index < -0.39 is 10.8 Å². The van der Waals surface area contributed by atoms with Crippen molar-refractivity contribution < 1.29 is 9.72 Å². The van der Waals surface area contributed by atoms with Crippen LogP contribution in [-0.2, 0) is 13.0 Å². The number of nitro groups is 1. The summed E-state index contributed by atoms with van der Waals surface area (Å²) in [6.45, 7) is 2.05. The molecule has 122 valence electrons. The van der Waals surface area contributed by atoms with Crippen LogP contribution in [0.2, 0.25) is 0 Å². The fourth-order valence-electron chi connectivity index (χ4n) is 2.45. The molecule has 1 fully saturated rings. The van der Waals surface area contributed by atoms with E-state index in [0.29, 0.717) is 30.4 Å². The number of amides is 1. The quantitative estimate of drug-likeness (QED) is 0.580. The van der Waals surface area contributed by atoms with E-state index in [1.54, 1.807) is 6.33 Å². The summed E-state index contributed by atoms with van der Waals surface area (Å²) >= 11 is 0. The number of carbonyl (C=O) groups is 1. The lowest BCUT2D eigenvalue weighted by molar-refractivity contribution is -0.385. The van der Waals surface area contributed by atoms with Crippen molar-refractivity contribution in [3.05, 3.63) is 33.7 Å². The number of aryl methyl sites for hydroxylation is 1. The van der Waals surface area contributed by atoms with Crippen molar-refractivity contribution in [1.29, 1.82) is 0 Å². The van der Waals surface area contributed by atoms with Crippen molar-refractivity contribution >= 4 is 11.6 Å². The van der Waals surface area contributed by atoms with E-state index in [-0.39, 0.29) is 17.9 Å². The number of nitrogens with zero attached hydrogens (tertiary/aromatic N) is 5. The summed E-state index contributed by atoms with van der Waals surface area (Å²) < 4.78 is 1.92. The smallest absolute Gasteiger partial charge is 0.322 e. The minimum Gasteiger partial charge on any atom is -0.343 e. The number of hydrogen-bond donors (Lipinski definition) is 2. The van der Waals surface area contributed by atoms with Crippen LogP contribution in [0.1, 0.15) is 54.2 Å². The molecule has 0 aromatic carbocycles. The first-order valence-corrected chi connectivity index (χ1v) is 7.50. The van der Waals surface area contributed by atoms with E-state index >= 15 is 0 Å². The number of carbonyl (C=O) groups excluding carboxylic acids is 1. The monoisotopic (exact) mass is 319 g/mol. The predicted octanol–water partition coefficient (Wildman–Crippen LogP) is 1.13. The molecule has 0 atom stereocenters.